The molecule has 0 fully saturated rings. The van der Waals surface area contributed by atoms with E-state index in [9.17, 15) is 0 Å². The third-order valence-corrected chi connectivity index (χ3v) is 10.3. The molecule has 0 aliphatic carbocycles. The minimum Gasteiger partial charge on any atom is -0.456 e. The summed E-state index contributed by atoms with van der Waals surface area (Å²) in [7, 11) is 0. The van der Waals surface area contributed by atoms with Crippen LogP contribution in [0.5, 0.6) is 0 Å². The number of aromatic nitrogens is 2. The molecule has 45 heavy (non-hydrogen) atoms. The van der Waals surface area contributed by atoms with Gasteiger partial charge in [0.25, 0.3) is 0 Å². The normalized spacial score (nSPS) is 14.0. The monoisotopic (exact) mass is 581 g/mol. The average Bonchev–Trinajstić information content (AvgIpc) is 3.62. The molecular formula is C42H33N2O+. The number of para-hydroxylation sites is 2. The molecule has 1 aliphatic heterocycles. The number of benzene rings is 5. The predicted octanol–water partition coefficient (Wildman–Crippen LogP) is 10.8. The Balaban J connectivity index is 1.31. The van der Waals surface area contributed by atoms with Gasteiger partial charge >= 0.3 is 0 Å². The molecule has 4 heterocycles. The molecule has 3 aromatic heterocycles. The van der Waals surface area contributed by atoms with Crippen molar-refractivity contribution < 1.29 is 8.98 Å². The molecule has 8 aromatic rings. The van der Waals surface area contributed by atoms with Gasteiger partial charge in [-0.2, -0.15) is 4.57 Å². The molecule has 0 saturated carbocycles. The maximum atomic E-state index is 6.34. The van der Waals surface area contributed by atoms with Gasteiger partial charge in [0, 0.05) is 45.4 Å². The maximum Gasteiger partial charge on any atom is 0.218 e. The van der Waals surface area contributed by atoms with Gasteiger partial charge in [-0.05, 0) is 84.6 Å². The zero-order chi connectivity index (χ0) is 30.3. The van der Waals surface area contributed by atoms with Crippen molar-refractivity contribution in [3.8, 4) is 28.1 Å². The van der Waals surface area contributed by atoms with Crippen molar-refractivity contribution in [2.75, 3.05) is 0 Å². The third-order valence-electron chi connectivity index (χ3n) is 10.3. The summed E-state index contributed by atoms with van der Waals surface area (Å²) in [5.74, 6) is 0. The number of allylic oxidation sites excluding steroid dienone is 1. The number of rotatable bonds is 4. The lowest BCUT2D eigenvalue weighted by molar-refractivity contribution is -0.577. The van der Waals surface area contributed by atoms with Crippen LogP contribution >= 0.6 is 0 Å². The maximum absolute atomic E-state index is 6.34. The van der Waals surface area contributed by atoms with Crippen molar-refractivity contribution in [2.45, 2.75) is 32.1 Å². The van der Waals surface area contributed by atoms with Crippen LogP contribution in [0.25, 0.3) is 77.5 Å². The lowest BCUT2D eigenvalue weighted by atomic mass is 9.68. The Morgan fingerprint density at radius 1 is 0.644 bits per heavy atom. The second-order valence-corrected chi connectivity index (χ2v) is 12.3. The topological polar surface area (TPSA) is 21.9 Å². The Morgan fingerprint density at radius 3 is 2.22 bits per heavy atom. The number of pyridine rings is 1. The molecule has 9 rings (SSSR count). The molecule has 0 saturated heterocycles. The molecule has 0 atom stereocenters. The third kappa shape index (κ3) is 3.55. The first-order valence-electron chi connectivity index (χ1n) is 15.9. The van der Waals surface area contributed by atoms with Crippen LogP contribution in [0.3, 0.4) is 0 Å². The van der Waals surface area contributed by atoms with Crippen molar-refractivity contribution in [1.82, 2.24) is 4.57 Å². The van der Waals surface area contributed by atoms with Crippen molar-refractivity contribution in [1.29, 1.82) is 0 Å². The SMILES string of the molecule is C=C1[n+]2ccccc2-c2cc(-c3ccc4c(c3)c3cc5c(cc3n4-c3ccccc3)oc3ccccc35)ccc2C1(CC)CC. The molecule has 5 aromatic carbocycles. The summed E-state index contributed by atoms with van der Waals surface area (Å²) in [5, 5.41) is 4.75. The molecule has 1 aliphatic rings. The van der Waals surface area contributed by atoms with Gasteiger partial charge in [-0.1, -0.05) is 68.4 Å². The minimum atomic E-state index is -0.0846. The molecule has 3 nitrogen and oxygen atoms in total. The molecule has 216 valence electrons. The smallest absolute Gasteiger partial charge is 0.218 e. The summed E-state index contributed by atoms with van der Waals surface area (Å²) in [4.78, 5) is 0. The Bertz CT molecular complexity index is 2470. The van der Waals surface area contributed by atoms with Gasteiger partial charge in [-0.15, -0.1) is 0 Å². The molecular weight excluding hydrogens is 548 g/mol. The van der Waals surface area contributed by atoms with E-state index in [4.69, 9.17) is 4.42 Å². The van der Waals surface area contributed by atoms with Gasteiger partial charge in [0.1, 0.15) is 11.2 Å². The largest absolute Gasteiger partial charge is 0.456 e. The zero-order valence-electron chi connectivity index (χ0n) is 25.5. The quantitative estimate of drug-likeness (QED) is 0.190. The van der Waals surface area contributed by atoms with E-state index in [0.29, 0.717) is 0 Å². The van der Waals surface area contributed by atoms with Gasteiger partial charge in [-0.3, -0.25) is 0 Å². The summed E-state index contributed by atoms with van der Waals surface area (Å²) in [6.45, 7) is 9.19. The number of hydrogen-bond acceptors (Lipinski definition) is 1. The fraction of sp³-hybridized carbons (Fsp3) is 0.119. The fourth-order valence-corrected chi connectivity index (χ4v) is 7.95. The van der Waals surface area contributed by atoms with Crippen LogP contribution in [-0.4, -0.2) is 4.57 Å². The highest BCUT2D eigenvalue weighted by atomic mass is 16.3. The highest BCUT2D eigenvalue weighted by Crippen LogP contribution is 2.47. The van der Waals surface area contributed by atoms with Crippen LogP contribution in [0, 0.1) is 0 Å². The highest BCUT2D eigenvalue weighted by Gasteiger charge is 2.45. The summed E-state index contributed by atoms with van der Waals surface area (Å²) in [6.07, 6.45) is 4.19. The zero-order valence-corrected chi connectivity index (χ0v) is 25.5. The van der Waals surface area contributed by atoms with E-state index in [2.05, 4.69) is 151 Å². The second kappa shape index (κ2) is 9.54. The minimum absolute atomic E-state index is 0.0846. The Hall–Kier alpha value is -5.41. The van der Waals surface area contributed by atoms with Crippen molar-refractivity contribution in [3.63, 3.8) is 0 Å². The Kier molecular flexibility index (Phi) is 5.52. The molecule has 0 radical (unpaired) electrons. The predicted molar refractivity (Wildman–Crippen MR) is 187 cm³/mol. The summed E-state index contributed by atoms with van der Waals surface area (Å²) in [6, 6.07) is 43.9. The van der Waals surface area contributed by atoms with Crippen molar-refractivity contribution in [3.05, 3.63) is 140 Å². The number of hydrogen-bond donors (Lipinski definition) is 0. The molecule has 0 bridgehead atoms. The van der Waals surface area contributed by atoms with Crippen LogP contribution in [0.15, 0.2) is 139 Å². The van der Waals surface area contributed by atoms with Crippen molar-refractivity contribution in [2.24, 2.45) is 0 Å². The number of nitrogens with zero attached hydrogens (tertiary/aromatic N) is 2. The van der Waals surface area contributed by atoms with Crippen molar-refractivity contribution >= 4 is 49.4 Å². The van der Waals surface area contributed by atoms with Crippen LogP contribution in [-0.2, 0) is 5.41 Å². The first kappa shape index (κ1) is 26.0. The standard InChI is InChI=1S/C42H33N2O/c1-4-42(5-2)27(3)43-22-12-11-16-37(43)35-24-28(18-20-36(35)42)29-19-21-38-32(23-29)33-25-34-31-15-9-10-17-40(31)45-41(34)26-39(33)44(38)30-13-7-6-8-14-30/h6-26H,3-5H2,1-2H3/q+1. The van der Waals surface area contributed by atoms with Gasteiger partial charge in [-0.25, -0.2) is 0 Å². The first-order chi connectivity index (χ1) is 22.1. The molecule has 0 spiro atoms. The van der Waals surface area contributed by atoms with E-state index in [-0.39, 0.29) is 5.41 Å². The van der Waals surface area contributed by atoms with Gasteiger partial charge in [0.2, 0.25) is 5.69 Å². The summed E-state index contributed by atoms with van der Waals surface area (Å²) in [5.41, 5.74) is 12.7. The molecule has 0 unspecified atom stereocenters. The van der Waals surface area contributed by atoms with Crippen LogP contribution in [0.2, 0.25) is 0 Å². The molecule has 0 N–H and O–H groups in total. The van der Waals surface area contributed by atoms with Gasteiger partial charge < -0.3 is 8.98 Å². The molecule has 3 heteroatoms. The first-order valence-corrected chi connectivity index (χ1v) is 15.9. The Morgan fingerprint density at radius 2 is 1.38 bits per heavy atom. The lowest BCUT2D eigenvalue weighted by Crippen LogP contribution is -2.48. The van der Waals surface area contributed by atoms with E-state index >= 15 is 0 Å². The fourth-order valence-electron chi connectivity index (χ4n) is 7.95. The second-order valence-electron chi connectivity index (χ2n) is 12.3. The van der Waals surface area contributed by atoms with Crippen LogP contribution in [0.1, 0.15) is 32.3 Å². The van der Waals surface area contributed by atoms with E-state index in [1.165, 1.54) is 44.2 Å². The number of fused-ring (bicyclic) bond motifs is 9. The summed E-state index contributed by atoms with van der Waals surface area (Å²) >= 11 is 0. The average molecular weight is 582 g/mol. The van der Waals surface area contributed by atoms with E-state index < -0.39 is 0 Å². The van der Waals surface area contributed by atoms with E-state index in [0.717, 1.165) is 51.7 Å². The highest BCUT2D eigenvalue weighted by molar-refractivity contribution is 6.17. The van der Waals surface area contributed by atoms with Crippen LogP contribution < -0.4 is 4.57 Å². The number of furan rings is 1. The molecule has 0 amide bonds. The van der Waals surface area contributed by atoms with E-state index in [1.54, 1.807) is 0 Å². The Labute approximate surface area is 262 Å². The van der Waals surface area contributed by atoms with E-state index in [1.807, 2.05) is 6.07 Å². The van der Waals surface area contributed by atoms with Gasteiger partial charge in [0.05, 0.1) is 22.0 Å². The van der Waals surface area contributed by atoms with Crippen LogP contribution in [0.4, 0.5) is 0 Å². The van der Waals surface area contributed by atoms with Gasteiger partial charge in [0.15, 0.2) is 11.9 Å². The lowest BCUT2D eigenvalue weighted by Gasteiger charge is -2.35. The summed E-state index contributed by atoms with van der Waals surface area (Å²) < 4.78 is 11.0.